The Bertz CT molecular complexity index is 439. The zero-order valence-electron chi connectivity index (χ0n) is 7.40. The number of oxazole rings is 1. The highest BCUT2D eigenvalue weighted by atomic mass is 35.5. The molecule has 2 N–H and O–H groups in total. The Hall–Kier alpha value is -1.32. The highest BCUT2D eigenvalue weighted by molar-refractivity contribution is 6.33. The maximum atomic E-state index is 5.99. The Morgan fingerprint density at radius 1 is 1.36 bits per heavy atom. The van der Waals surface area contributed by atoms with Crippen LogP contribution >= 0.6 is 11.6 Å². The molecule has 0 bridgehead atoms. The number of halogens is 1. The topological polar surface area (TPSA) is 52.0 Å². The molecule has 3 nitrogen and oxygen atoms in total. The predicted molar refractivity (Wildman–Crippen MR) is 54.8 cm³/mol. The van der Waals surface area contributed by atoms with Crippen LogP contribution in [0.15, 0.2) is 34.9 Å². The number of hydrogen-bond acceptors (Lipinski definition) is 3. The molecular weight excluding hydrogens is 200 g/mol. The molecule has 0 spiro atoms. The van der Waals surface area contributed by atoms with Gasteiger partial charge < -0.3 is 10.2 Å². The molecule has 2 rings (SSSR count). The van der Waals surface area contributed by atoms with Crippen LogP contribution in [0.2, 0.25) is 5.02 Å². The first-order chi connectivity index (χ1) is 6.81. The molecule has 0 aliphatic rings. The maximum Gasteiger partial charge on any atom is 0.208 e. The van der Waals surface area contributed by atoms with Crippen molar-refractivity contribution in [3.63, 3.8) is 0 Å². The maximum absolute atomic E-state index is 5.99. The summed E-state index contributed by atoms with van der Waals surface area (Å²) in [4.78, 5) is 4.00. The molecule has 0 aliphatic heterocycles. The minimum absolute atomic E-state index is 0.296. The van der Waals surface area contributed by atoms with Crippen LogP contribution in [-0.4, -0.2) is 4.98 Å². The molecule has 0 saturated heterocycles. The number of nitrogens with two attached hydrogens (primary N) is 1. The standard InChI is InChI=1S/C10H9ClN2O/c11-8-4-2-1-3-7(8)9-6-13-10(5-12)14-9/h1-4,6H,5,12H2. The van der Waals surface area contributed by atoms with Gasteiger partial charge in [-0.15, -0.1) is 0 Å². The fourth-order valence-corrected chi connectivity index (χ4v) is 1.42. The smallest absolute Gasteiger partial charge is 0.208 e. The summed E-state index contributed by atoms with van der Waals surface area (Å²) >= 11 is 5.99. The largest absolute Gasteiger partial charge is 0.439 e. The molecular formula is C10H9ClN2O. The van der Waals surface area contributed by atoms with E-state index in [0.717, 1.165) is 5.56 Å². The lowest BCUT2D eigenvalue weighted by atomic mass is 10.2. The van der Waals surface area contributed by atoms with Crippen LogP contribution in [0.25, 0.3) is 11.3 Å². The summed E-state index contributed by atoms with van der Waals surface area (Å²) in [6, 6.07) is 7.45. The Labute approximate surface area is 86.5 Å². The van der Waals surface area contributed by atoms with Crippen molar-refractivity contribution < 1.29 is 4.42 Å². The zero-order valence-corrected chi connectivity index (χ0v) is 8.16. The average Bonchev–Trinajstić information content (AvgIpc) is 2.67. The van der Waals surface area contributed by atoms with Gasteiger partial charge in [0.05, 0.1) is 17.8 Å². The van der Waals surface area contributed by atoms with Crippen molar-refractivity contribution >= 4 is 11.6 Å². The van der Waals surface area contributed by atoms with Crippen LogP contribution in [0.1, 0.15) is 5.89 Å². The predicted octanol–water partition coefficient (Wildman–Crippen LogP) is 2.45. The number of hydrogen-bond donors (Lipinski definition) is 1. The van der Waals surface area contributed by atoms with Crippen molar-refractivity contribution in [2.45, 2.75) is 6.54 Å². The molecule has 0 radical (unpaired) electrons. The van der Waals surface area contributed by atoms with Crippen LogP contribution in [0.4, 0.5) is 0 Å². The summed E-state index contributed by atoms with van der Waals surface area (Å²) in [7, 11) is 0. The van der Waals surface area contributed by atoms with Crippen LogP contribution in [0.3, 0.4) is 0 Å². The zero-order chi connectivity index (χ0) is 9.97. The number of aromatic nitrogens is 1. The van der Waals surface area contributed by atoms with Crippen molar-refractivity contribution in [3.8, 4) is 11.3 Å². The van der Waals surface area contributed by atoms with Gasteiger partial charge in [-0.25, -0.2) is 4.98 Å². The molecule has 14 heavy (non-hydrogen) atoms. The van der Waals surface area contributed by atoms with Crippen LogP contribution in [0.5, 0.6) is 0 Å². The van der Waals surface area contributed by atoms with Crippen LogP contribution in [0, 0.1) is 0 Å². The van der Waals surface area contributed by atoms with E-state index in [2.05, 4.69) is 4.98 Å². The molecule has 0 saturated carbocycles. The Morgan fingerprint density at radius 3 is 2.79 bits per heavy atom. The SMILES string of the molecule is NCc1ncc(-c2ccccc2Cl)o1. The summed E-state index contributed by atoms with van der Waals surface area (Å²) in [5.74, 6) is 1.16. The van der Waals surface area contributed by atoms with Crippen LogP contribution in [-0.2, 0) is 6.54 Å². The molecule has 72 valence electrons. The summed E-state index contributed by atoms with van der Waals surface area (Å²) in [5, 5.41) is 0.646. The molecule has 1 aromatic heterocycles. The molecule has 0 atom stereocenters. The number of benzene rings is 1. The summed E-state index contributed by atoms with van der Waals surface area (Å²) in [6.45, 7) is 0.296. The van der Waals surface area contributed by atoms with Crippen molar-refractivity contribution in [2.24, 2.45) is 5.73 Å². The summed E-state index contributed by atoms with van der Waals surface area (Å²) < 4.78 is 5.38. The minimum atomic E-state index is 0.296. The van der Waals surface area contributed by atoms with Gasteiger partial charge >= 0.3 is 0 Å². The van der Waals surface area contributed by atoms with Crippen molar-refractivity contribution in [3.05, 3.63) is 41.4 Å². The van der Waals surface area contributed by atoms with Gasteiger partial charge in [-0.2, -0.15) is 0 Å². The van der Waals surface area contributed by atoms with Crippen molar-refractivity contribution in [2.75, 3.05) is 0 Å². The van der Waals surface area contributed by atoms with E-state index >= 15 is 0 Å². The number of nitrogens with zero attached hydrogens (tertiary/aromatic N) is 1. The minimum Gasteiger partial charge on any atom is -0.439 e. The van der Waals surface area contributed by atoms with E-state index in [1.54, 1.807) is 6.20 Å². The molecule has 0 fully saturated rings. The van der Waals surface area contributed by atoms with E-state index in [0.29, 0.717) is 23.2 Å². The lowest BCUT2D eigenvalue weighted by molar-refractivity contribution is 0.509. The van der Waals surface area contributed by atoms with E-state index in [1.165, 1.54) is 0 Å². The summed E-state index contributed by atoms with van der Waals surface area (Å²) in [6.07, 6.45) is 1.63. The first-order valence-electron chi connectivity index (χ1n) is 4.21. The van der Waals surface area contributed by atoms with Gasteiger partial charge in [0.25, 0.3) is 0 Å². The Balaban J connectivity index is 2.44. The third kappa shape index (κ3) is 1.64. The van der Waals surface area contributed by atoms with Gasteiger partial charge in [0.1, 0.15) is 0 Å². The Kier molecular flexibility index (Phi) is 2.52. The second kappa shape index (κ2) is 3.82. The van der Waals surface area contributed by atoms with Gasteiger partial charge in [0, 0.05) is 5.56 Å². The monoisotopic (exact) mass is 208 g/mol. The first kappa shape index (κ1) is 9.24. The molecule has 0 aliphatic carbocycles. The average molecular weight is 209 g/mol. The lowest BCUT2D eigenvalue weighted by Crippen LogP contribution is -1.94. The highest BCUT2D eigenvalue weighted by Gasteiger charge is 2.07. The molecule has 1 aromatic carbocycles. The van der Waals surface area contributed by atoms with Crippen molar-refractivity contribution in [1.29, 1.82) is 0 Å². The fourth-order valence-electron chi connectivity index (χ4n) is 1.19. The van der Waals surface area contributed by atoms with Gasteiger partial charge in [0.15, 0.2) is 5.76 Å². The highest BCUT2D eigenvalue weighted by Crippen LogP contribution is 2.27. The number of rotatable bonds is 2. The molecule has 1 heterocycles. The second-order valence-corrected chi connectivity index (χ2v) is 3.21. The van der Waals surface area contributed by atoms with Gasteiger partial charge in [-0.05, 0) is 12.1 Å². The first-order valence-corrected chi connectivity index (χ1v) is 4.58. The van der Waals surface area contributed by atoms with Gasteiger partial charge in [0.2, 0.25) is 5.89 Å². The molecule has 0 amide bonds. The third-order valence-corrected chi connectivity index (χ3v) is 2.20. The van der Waals surface area contributed by atoms with E-state index < -0.39 is 0 Å². The molecule has 0 unspecified atom stereocenters. The second-order valence-electron chi connectivity index (χ2n) is 2.80. The molecule has 4 heteroatoms. The normalized spacial score (nSPS) is 10.4. The van der Waals surface area contributed by atoms with E-state index in [1.807, 2.05) is 24.3 Å². The van der Waals surface area contributed by atoms with E-state index in [9.17, 15) is 0 Å². The van der Waals surface area contributed by atoms with E-state index in [4.69, 9.17) is 21.8 Å². The van der Waals surface area contributed by atoms with Gasteiger partial charge in [-0.3, -0.25) is 0 Å². The molecule has 2 aromatic rings. The van der Waals surface area contributed by atoms with Crippen molar-refractivity contribution in [1.82, 2.24) is 4.98 Å². The quantitative estimate of drug-likeness (QED) is 0.825. The van der Waals surface area contributed by atoms with Crippen LogP contribution < -0.4 is 5.73 Å². The van der Waals surface area contributed by atoms with Gasteiger partial charge in [-0.1, -0.05) is 23.7 Å². The Morgan fingerprint density at radius 2 is 2.14 bits per heavy atom. The fraction of sp³-hybridized carbons (Fsp3) is 0.100. The summed E-state index contributed by atoms with van der Waals surface area (Å²) in [5.41, 5.74) is 6.22. The lowest BCUT2D eigenvalue weighted by Gasteiger charge is -1.97. The third-order valence-electron chi connectivity index (χ3n) is 1.87. The van der Waals surface area contributed by atoms with E-state index in [-0.39, 0.29) is 0 Å².